The van der Waals surface area contributed by atoms with Crippen LogP contribution in [0.2, 0.25) is 0 Å². The van der Waals surface area contributed by atoms with Crippen LogP contribution in [-0.4, -0.2) is 24.0 Å². The number of hydrogen-bond donors (Lipinski definition) is 1. The number of nitrogens with one attached hydrogen (secondary N) is 1. The number of hydrazone groups is 1. The number of ether oxygens (including phenoxy) is 1. The predicted molar refractivity (Wildman–Crippen MR) is 104 cm³/mol. The summed E-state index contributed by atoms with van der Waals surface area (Å²) in [5.74, 6) is 0.718. The fourth-order valence-electron chi connectivity index (χ4n) is 2.01. The van der Waals surface area contributed by atoms with E-state index in [1.54, 1.807) is 6.21 Å². The van der Waals surface area contributed by atoms with Crippen LogP contribution in [-0.2, 0) is 4.79 Å². The molecule has 2 aromatic rings. The number of thioether (sulfide) groups is 1. The second-order valence-corrected chi connectivity index (χ2v) is 7.14. The molecule has 0 aliphatic carbocycles. The van der Waals surface area contributed by atoms with Crippen molar-refractivity contribution in [2.75, 3.05) is 6.61 Å². The van der Waals surface area contributed by atoms with Crippen molar-refractivity contribution in [1.82, 2.24) is 5.43 Å². The number of benzene rings is 2. The molecular weight excluding hydrogens is 332 g/mol. The molecule has 25 heavy (non-hydrogen) atoms. The molecule has 0 heterocycles. The van der Waals surface area contributed by atoms with E-state index in [4.69, 9.17) is 4.74 Å². The summed E-state index contributed by atoms with van der Waals surface area (Å²) in [4.78, 5) is 13.2. The van der Waals surface area contributed by atoms with E-state index >= 15 is 0 Å². The standard InChI is InChI=1S/C20H24N2O2S/c1-4-13-24-18-9-7-17(8-10-18)14-21-22-20(23)16(3)25-19-11-5-15(2)6-12-19/h5-12,14,16H,4,13H2,1-3H3,(H,22,23)/b21-14-/t16-/m1/s1. The van der Waals surface area contributed by atoms with Crippen LogP contribution in [0.4, 0.5) is 0 Å². The summed E-state index contributed by atoms with van der Waals surface area (Å²) in [6.07, 6.45) is 2.61. The minimum Gasteiger partial charge on any atom is -0.494 e. The quantitative estimate of drug-likeness (QED) is 0.433. The van der Waals surface area contributed by atoms with E-state index in [2.05, 4.69) is 17.5 Å². The van der Waals surface area contributed by atoms with Crippen LogP contribution in [0.15, 0.2) is 58.5 Å². The summed E-state index contributed by atoms with van der Waals surface area (Å²) in [6, 6.07) is 15.7. The highest BCUT2D eigenvalue weighted by Crippen LogP contribution is 2.23. The molecule has 132 valence electrons. The molecule has 2 rings (SSSR count). The lowest BCUT2D eigenvalue weighted by atomic mass is 10.2. The lowest BCUT2D eigenvalue weighted by molar-refractivity contribution is -0.120. The topological polar surface area (TPSA) is 50.7 Å². The Bertz CT molecular complexity index is 697. The number of amides is 1. The minimum absolute atomic E-state index is 0.121. The van der Waals surface area contributed by atoms with Gasteiger partial charge in [-0.3, -0.25) is 4.79 Å². The van der Waals surface area contributed by atoms with Gasteiger partial charge in [-0.05, 0) is 62.2 Å². The van der Waals surface area contributed by atoms with E-state index in [9.17, 15) is 4.79 Å². The van der Waals surface area contributed by atoms with E-state index in [1.165, 1.54) is 17.3 Å². The Morgan fingerprint density at radius 1 is 1.20 bits per heavy atom. The van der Waals surface area contributed by atoms with Crippen LogP contribution in [0.5, 0.6) is 5.75 Å². The first-order valence-corrected chi connectivity index (χ1v) is 9.25. The largest absolute Gasteiger partial charge is 0.494 e. The van der Waals surface area contributed by atoms with Gasteiger partial charge < -0.3 is 4.74 Å². The lowest BCUT2D eigenvalue weighted by Gasteiger charge is -2.09. The summed E-state index contributed by atoms with van der Waals surface area (Å²) in [6.45, 7) is 6.69. The summed E-state index contributed by atoms with van der Waals surface area (Å²) in [5, 5.41) is 3.81. The molecule has 0 spiro atoms. The molecule has 1 N–H and O–H groups in total. The SMILES string of the molecule is CCCOc1ccc(/C=N\NC(=O)[C@@H](C)Sc2ccc(C)cc2)cc1. The zero-order valence-electron chi connectivity index (χ0n) is 14.9. The third-order valence-electron chi connectivity index (χ3n) is 3.44. The van der Waals surface area contributed by atoms with Gasteiger partial charge >= 0.3 is 0 Å². The molecule has 0 aliphatic heterocycles. The first kappa shape index (κ1) is 19.1. The van der Waals surface area contributed by atoms with Crippen molar-refractivity contribution in [3.63, 3.8) is 0 Å². The average molecular weight is 356 g/mol. The van der Waals surface area contributed by atoms with Crippen LogP contribution >= 0.6 is 11.8 Å². The molecule has 1 atom stereocenters. The Balaban J connectivity index is 1.81. The van der Waals surface area contributed by atoms with Crippen LogP contribution in [0.3, 0.4) is 0 Å². The van der Waals surface area contributed by atoms with E-state index in [0.29, 0.717) is 6.61 Å². The van der Waals surface area contributed by atoms with Gasteiger partial charge in [-0.25, -0.2) is 5.43 Å². The number of nitrogens with zero attached hydrogens (tertiary/aromatic N) is 1. The van der Waals surface area contributed by atoms with Crippen molar-refractivity contribution in [3.05, 3.63) is 59.7 Å². The van der Waals surface area contributed by atoms with Crippen molar-refractivity contribution >= 4 is 23.9 Å². The minimum atomic E-state index is -0.218. The zero-order valence-corrected chi connectivity index (χ0v) is 15.7. The van der Waals surface area contributed by atoms with Crippen molar-refractivity contribution in [3.8, 4) is 5.75 Å². The summed E-state index contributed by atoms with van der Waals surface area (Å²) in [5.41, 5.74) is 4.70. The highest BCUT2D eigenvalue weighted by molar-refractivity contribution is 8.00. The smallest absolute Gasteiger partial charge is 0.253 e. The van der Waals surface area contributed by atoms with E-state index in [-0.39, 0.29) is 11.2 Å². The molecule has 2 aromatic carbocycles. The number of aryl methyl sites for hydroxylation is 1. The third kappa shape index (κ3) is 6.63. The number of hydrogen-bond acceptors (Lipinski definition) is 4. The molecule has 0 unspecified atom stereocenters. The van der Waals surface area contributed by atoms with Gasteiger partial charge in [0.2, 0.25) is 0 Å². The fraction of sp³-hybridized carbons (Fsp3) is 0.300. The third-order valence-corrected chi connectivity index (χ3v) is 4.56. The van der Waals surface area contributed by atoms with E-state index < -0.39 is 0 Å². The second kappa shape index (κ2) is 9.89. The number of carbonyl (C=O) groups excluding carboxylic acids is 1. The van der Waals surface area contributed by atoms with Gasteiger partial charge in [0.05, 0.1) is 18.1 Å². The molecule has 0 aliphatic rings. The van der Waals surface area contributed by atoms with Gasteiger partial charge in [0.1, 0.15) is 5.75 Å². The monoisotopic (exact) mass is 356 g/mol. The number of carbonyl (C=O) groups is 1. The lowest BCUT2D eigenvalue weighted by Crippen LogP contribution is -2.26. The van der Waals surface area contributed by atoms with Gasteiger partial charge in [-0.2, -0.15) is 5.10 Å². The summed E-state index contributed by atoms with van der Waals surface area (Å²) < 4.78 is 5.53. The van der Waals surface area contributed by atoms with Crippen LogP contribution < -0.4 is 10.2 Å². The van der Waals surface area contributed by atoms with Crippen LogP contribution in [0.1, 0.15) is 31.4 Å². The van der Waals surface area contributed by atoms with Gasteiger partial charge in [0.25, 0.3) is 5.91 Å². The molecule has 5 heteroatoms. The average Bonchev–Trinajstić information content (AvgIpc) is 2.62. The molecule has 0 aromatic heterocycles. The number of rotatable bonds is 8. The molecule has 0 saturated carbocycles. The van der Waals surface area contributed by atoms with Crippen molar-refractivity contribution in [2.45, 2.75) is 37.3 Å². The molecule has 0 bridgehead atoms. The second-order valence-electron chi connectivity index (χ2n) is 5.72. The van der Waals surface area contributed by atoms with Gasteiger partial charge in [0.15, 0.2) is 0 Å². The van der Waals surface area contributed by atoms with Crippen molar-refractivity contribution < 1.29 is 9.53 Å². The Hall–Kier alpha value is -2.27. The maximum absolute atomic E-state index is 12.1. The Kier molecular flexibility index (Phi) is 7.54. The highest BCUT2D eigenvalue weighted by atomic mass is 32.2. The zero-order chi connectivity index (χ0) is 18.1. The first-order valence-electron chi connectivity index (χ1n) is 8.37. The molecule has 1 amide bonds. The Morgan fingerprint density at radius 2 is 1.88 bits per heavy atom. The van der Waals surface area contributed by atoms with Crippen molar-refractivity contribution in [2.24, 2.45) is 5.10 Å². The maximum Gasteiger partial charge on any atom is 0.253 e. The highest BCUT2D eigenvalue weighted by Gasteiger charge is 2.13. The normalized spacial score (nSPS) is 12.1. The van der Waals surface area contributed by atoms with Crippen molar-refractivity contribution in [1.29, 1.82) is 0 Å². The molecular formula is C20H24N2O2S. The van der Waals surface area contributed by atoms with Crippen LogP contribution in [0, 0.1) is 6.92 Å². The van der Waals surface area contributed by atoms with Gasteiger partial charge in [-0.15, -0.1) is 11.8 Å². The van der Waals surface area contributed by atoms with E-state index in [1.807, 2.05) is 62.4 Å². The summed E-state index contributed by atoms with van der Waals surface area (Å²) >= 11 is 1.51. The molecule has 0 radical (unpaired) electrons. The summed E-state index contributed by atoms with van der Waals surface area (Å²) in [7, 11) is 0. The first-order chi connectivity index (χ1) is 12.1. The Morgan fingerprint density at radius 3 is 2.52 bits per heavy atom. The van der Waals surface area contributed by atoms with E-state index in [0.717, 1.165) is 22.6 Å². The van der Waals surface area contributed by atoms with Gasteiger partial charge in [-0.1, -0.05) is 24.6 Å². The fourth-order valence-corrected chi connectivity index (χ4v) is 2.87. The van der Waals surface area contributed by atoms with Crippen LogP contribution in [0.25, 0.3) is 0 Å². The predicted octanol–water partition coefficient (Wildman–Crippen LogP) is 4.41. The van der Waals surface area contributed by atoms with Gasteiger partial charge in [0, 0.05) is 4.90 Å². The molecule has 4 nitrogen and oxygen atoms in total. The maximum atomic E-state index is 12.1. The molecule has 0 saturated heterocycles. The molecule has 0 fully saturated rings. The Labute approximate surface area is 153 Å².